The molecule has 0 bridgehead atoms. The Morgan fingerprint density at radius 1 is 1.41 bits per heavy atom. The smallest absolute Gasteiger partial charge is 0.235 e. The van der Waals surface area contributed by atoms with Crippen LogP contribution >= 0.6 is 11.8 Å². The van der Waals surface area contributed by atoms with Crippen LogP contribution in [0.5, 0.6) is 0 Å². The lowest BCUT2D eigenvalue weighted by molar-refractivity contribution is -0.119. The van der Waals surface area contributed by atoms with E-state index >= 15 is 0 Å². The molecule has 0 fully saturated rings. The van der Waals surface area contributed by atoms with Gasteiger partial charge in [0, 0.05) is 11.5 Å². The Morgan fingerprint density at radius 2 is 2.12 bits per heavy atom. The van der Waals surface area contributed by atoms with Crippen molar-refractivity contribution in [3.8, 4) is 0 Å². The summed E-state index contributed by atoms with van der Waals surface area (Å²) in [6.45, 7) is 2.90. The van der Waals surface area contributed by atoms with E-state index in [0.717, 1.165) is 24.5 Å². The lowest BCUT2D eigenvalue weighted by Crippen LogP contribution is -2.43. The molecule has 1 unspecified atom stereocenters. The summed E-state index contributed by atoms with van der Waals surface area (Å²) in [5, 5.41) is 3.16. The maximum atomic E-state index is 11.2. The van der Waals surface area contributed by atoms with Gasteiger partial charge in [0.1, 0.15) is 0 Å². The fourth-order valence-electron chi connectivity index (χ4n) is 1.43. The number of hydrogen-bond acceptors (Lipinski definition) is 3. The molecule has 0 spiro atoms. The van der Waals surface area contributed by atoms with Crippen LogP contribution in [0.4, 0.5) is 0 Å². The standard InChI is InChI=1S/C13H20N2OS/c1-2-8-15-12(13(14)16)10-17-9-11-6-4-3-5-7-11/h3-7,12,15H,2,8-10H2,1H3,(H2,14,16). The average molecular weight is 252 g/mol. The molecule has 3 N–H and O–H groups in total. The van der Waals surface area contributed by atoms with Crippen molar-refractivity contribution in [2.45, 2.75) is 25.1 Å². The van der Waals surface area contributed by atoms with Crippen LogP contribution in [-0.2, 0) is 10.5 Å². The zero-order valence-corrected chi connectivity index (χ0v) is 11.0. The van der Waals surface area contributed by atoms with E-state index in [4.69, 9.17) is 5.73 Å². The number of benzene rings is 1. The summed E-state index contributed by atoms with van der Waals surface area (Å²) in [6.07, 6.45) is 1.01. The van der Waals surface area contributed by atoms with Gasteiger partial charge < -0.3 is 11.1 Å². The number of thioether (sulfide) groups is 1. The first-order valence-corrected chi connectivity index (χ1v) is 7.04. The Kier molecular flexibility index (Phi) is 6.74. The molecule has 1 rings (SSSR count). The summed E-state index contributed by atoms with van der Waals surface area (Å²) in [5.74, 6) is 1.38. The van der Waals surface area contributed by atoms with E-state index in [1.54, 1.807) is 11.8 Å². The molecule has 3 nitrogen and oxygen atoms in total. The van der Waals surface area contributed by atoms with E-state index in [9.17, 15) is 4.79 Å². The number of nitrogens with two attached hydrogens (primary N) is 1. The molecule has 0 aliphatic rings. The molecule has 94 valence electrons. The first-order valence-electron chi connectivity index (χ1n) is 5.88. The van der Waals surface area contributed by atoms with Gasteiger partial charge in [-0.2, -0.15) is 11.8 Å². The fraction of sp³-hybridized carbons (Fsp3) is 0.462. The second-order valence-electron chi connectivity index (χ2n) is 3.91. The van der Waals surface area contributed by atoms with Crippen LogP contribution in [0, 0.1) is 0 Å². The number of carbonyl (C=O) groups is 1. The van der Waals surface area contributed by atoms with Gasteiger partial charge >= 0.3 is 0 Å². The normalized spacial score (nSPS) is 12.3. The number of primary amides is 1. The zero-order chi connectivity index (χ0) is 12.5. The molecule has 1 aromatic carbocycles. The molecular formula is C13H20N2OS. The highest BCUT2D eigenvalue weighted by Crippen LogP contribution is 2.12. The molecule has 0 aliphatic heterocycles. The molecule has 0 saturated carbocycles. The van der Waals surface area contributed by atoms with E-state index in [-0.39, 0.29) is 11.9 Å². The lowest BCUT2D eigenvalue weighted by Gasteiger charge is -2.14. The molecule has 4 heteroatoms. The van der Waals surface area contributed by atoms with Gasteiger partial charge in [-0.1, -0.05) is 37.3 Å². The van der Waals surface area contributed by atoms with E-state index in [1.165, 1.54) is 5.56 Å². The average Bonchev–Trinajstić information content (AvgIpc) is 2.34. The Hall–Kier alpha value is -1.00. The number of carbonyl (C=O) groups excluding carboxylic acids is 1. The second kappa shape index (κ2) is 8.14. The van der Waals surface area contributed by atoms with Crippen molar-refractivity contribution in [3.63, 3.8) is 0 Å². The largest absolute Gasteiger partial charge is 0.368 e. The Balaban J connectivity index is 2.29. The fourth-order valence-corrected chi connectivity index (χ4v) is 2.49. The maximum Gasteiger partial charge on any atom is 0.235 e. The van der Waals surface area contributed by atoms with Crippen LogP contribution < -0.4 is 11.1 Å². The highest BCUT2D eigenvalue weighted by molar-refractivity contribution is 7.98. The lowest BCUT2D eigenvalue weighted by atomic mass is 10.2. The molecule has 1 atom stereocenters. The summed E-state index contributed by atoms with van der Waals surface area (Å²) in [4.78, 5) is 11.2. The summed E-state index contributed by atoms with van der Waals surface area (Å²) >= 11 is 1.73. The highest BCUT2D eigenvalue weighted by atomic mass is 32.2. The minimum absolute atomic E-state index is 0.219. The molecule has 0 radical (unpaired) electrons. The van der Waals surface area contributed by atoms with Gasteiger partial charge in [-0.3, -0.25) is 4.79 Å². The monoisotopic (exact) mass is 252 g/mol. The molecule has 1 aromatic rings. The molecule has 0 saturated heterocycles. The number of rotatable bonds is 8. The third kappa shape index (κ3) is 5.75. The molecule has 17 heavy (non-hydrogen) atoms. The maximum absolute atomic E-state index is 11.2. The first kappa shape index (κ1) is 14.1. The van der Waals surface area contributed by atoms with E-state index < -0.39 is 0 Å². The summed E-state index contributed by atoms with van der Waals surface area (Å²) in [7, 11) is 0. The number of hydrogen-bond donors (Lipinski definition) is 2. The zero-order valence-electron chi connectivity index (χ0n) is 10.2. The van der Waals surface area contributed by atoms with Gasteiger partial charge in [-0.15, -0.1) is 0 Å². The van der Waals surface area contributed by atoms with Crippen molar-refractivity contribution < 1.29 is 4.79 Å². The van der Waals surface area contributed by atoms with Crippen molar-refractivity contribution in [3.05, 3.63) is 35.9 Å². The van der Waals surface area contributed by atoms with Crippen molar-refractivity contribution in [1.29, 1.82) is 0 Å². The third-order valence-corrected chi connectivity index (χ3v) is 3.49. The summed E-state index contributed by atoms with van der Waals surface area (Å²) < 4.78 is 0. The van der Waals surface area contributed by atoms with Crippen LogP contribution in [0.3, 0.4) is 0 Å². The van der Waals surface area contributed by atoms with Crippen LogP contribution in [0.1, 0.15) is 18.9 Å². The molecule has 0 heterocycles. The topological polar surface area (TPSA) is 55.1 Å². The Bertz CT molecular complexity index is 329. The van der Waals surface area contributed by atoms with Crippen LogP contribution in [-0.4, -0.2) is 24.2 Å². The Morgan fingerprint density at radius 3 is 2.71 bits per heavy atom. The van der Waals surface area contributed by atoms with Crippen LogP contribution in [0.25, 0.3) is 0 Å². The molecule has 0 aliphatic carbocycles. The SMILES string of the molecule is CCCNC(CSCc1ccccc1)C(N)=O. The van der Waals surface area contributed by atoms with Gasteiger partial charge in [0.2, 0.25) is 5.91 Å². The van der Waals surface area contributed by atoms with Gasteiger partial charge in [0.15, 0.2) is 0 Å². The quantitative estimate of drug-likeness (QED) is 0.741. The Labute approximate surface area is 107 Å². The van der Waals surface area contributed by atoms with Crippen LogP contribution in [0.15, 0.2) is 30.3 Å². The predicted molar refractivity (Wildman–Crippen MR) is 73.9 cm³/mol. The minimum atomic E-state index is -0.265. The predicted octanol–water partition coefficient (Wildman–Crippen LogP) is 1.77. The van der Waals surface area contributed by atoms with Crippen molar-refractivity contribution in [1.82, 2.24) is 5.32 Å². The first-order chi connectivity index (χ1) is 8.24. The van der Waals surface area contributed by atoms with Gasteiger partial charge in [-0.25, -0.2) is 0 Å². The number of nitrogens with one attached hydrogen (secondary N) is 1. The van der Waals surface area contributed by atoms with E-state index in [2.05, 4.69) is 24.4 Å². The van der Waals surface area contributed by atoms with E-state index in [0.29, 0.717) is 0 Å². The minimum Gasteiger partial charge on any atom is -0.368 e. The van der Waals surface area contributed by atoms with Crippen molar-refractivity contribution >= 4 is 17.7 Å². The third-order valence-electron chi connectivity index (χ3n) is 2.38. The number of amides is 1. The summed E-state index contributed by atoms with van der Waals surface area (Å²) in [6, 6.07) is 10.0. The van der Waals surface area contributed by atoms with Gasteiger partial charge in [0.05, 0.1) is 6.04 Å². The van der Waals surface area contributed by atoms with E-state index in [1.807, 2.05) is 18.2 Å². The van der Waals surface area contributed by atoms with Crippen molar-refractivity contribution in [2.24, 2.45) is 5.73 Å². The van der Waals surface area contributed by atoms with Gasteiger partial charge in [0.25, 0.3) is 0 Å². The van der Waals surface area contributed by atoms with Gasteiger partial charge in [-0.05, 0) is 18.5 Å². The molecular weight excluding hydrogens is 232 g/mol. The molecule has 1 amide bonds. The second-order valence-corrected chi connectivity index (χ2v) is 4.94. The highest BCUT2D eigenvalue weighted by Gasteiger charge is 2.13. The summed E-state index contributed by atoms with van der Waals surface area (Å²) in [5.41, 5.74) is 6.62. The van der Waals surface area contributed by atoms with Crippen molar-refractivity contribution in [2.75, 3.05) is 12.3 Å². The van der Waals surface area contributed by atoms with Crippen LogP contribution in [0.2, 0.25) is 0 Å². The molecule has 0 aromatic heterocycles.